The number of aromatic hydroxyl groups is 1. The smallest absolute Gasteiger partial charge is 0.303 e. The van der Waals surface area contributed by atoms with Gasteiger partial charge >= 0.3 is 11.9 Å². The molecule has 3 aliphatic rings. The largest absolute Gasteiger partial charge is 0.504 e. The van der Waals surface area contributed by atoms with Gasteiger partial charge in [0.25, 0.3) is 0 Å². The summed E-state index contributed by atoms with van der Waals surface area (Å²) in [6.07, 6.45) is 0.126. The molecule has 4 rings (SSSR count). The highest BCUT2D eigenvalue weighted by Crippen LogP contribution is 2.58. The van der Waals surface area contributed by atoms with Crippen LogP contribution in [0.1, 0.15) is 37.8 Å². The number of phenols is 1. The lowest BCUT2D eigenvalue weighted by molar-refractivity contribution is -0.168. The number of carbonyl (C=O) groups is 2. The lowest BCUT2D eigenvalue weighted by Gasteiger charge is -2.54. The van der Waals surface area contributed by atoms with Crippen LogP contribution in [-0.4, -0.2) is 56.1 Å². The Bertz CT molecular complexity index is 924. The van der Waals surface area contributed by atoms with Crippen molar-refractivity contribution in [3.63, 3.8) is 0 Å². The van der Waals surface area contributed by atoms with E-state index in [2.05, 4.69) is 5.32 Å². The predicted octanol–water partition coefficient (Wildman–Crippen LogP) is 1.72. The van der Waals surface area contributed by atoms with E-state index in [0.29, 0.717) is 30.8 Å². The van der Waals surface area contributed by atoms with Gasteiger partial charge in [0.15, 0.2) is 17.6 Å². The number of nitrogens with one attached hydrogen (secondary N) is 1. The van der Waals surface area contributed by atoms with Gasteiger partial charge in [-0.05, 0) is 36.6 Å². The number of carbonyl (C=O) groups excluding carboxylic acids is 2. The van der Waals surface area contributed by atoms with Gasteiger partial charge in [0.1, 0.15) is 11.9 Å². The minimum atomic E-state index is -0.837. The van der Waals surface area contributed by atoms with Crippen molar-refractivity contribution in [2.24, 2.45) is 0 Å². The minimum Gasteiger partial charge on any atom is -0.504 e. The van der Waals surface area contributed by atoms with Crippen LogP contribution >= 0.6 is 0 Å². The number of benzene rings is 1. The van der Waals surface area contributed by atoms with E-state index in [4.69, 9.17) is 18.9 Å². The minimum absolute atomic E-state index is 0.0367. The molecule has 2 aliphatic carbocycles. The monoisotopic (exact) mass is 417 g/mol. The fourth-order valence-corrected chi connectivity index (χ4v) is 5.51. The molecule has 162 valence electrons. The predicted molar refractivity (Wildman–Crippen MR) is 106 cm³/mol. The summed E-state index contributed by atoms with van der Waals surface area (Å²) < 4.78 is 22.4. The first-order valence-corrected chi connectivity index (χ1v) is 10.1. The molecule has 8 heteroatoms. The standard InChI is InChI=1S/C22H27NO7/c1-11(24)29-16-10-22-7-8-23-14(18(22)21(28-4)20(16)30-12(2)25)9-13-5-6-15(27-3)19(26)17(13)22/h5-6,14,16,20,23,26H,7-10H2,1-4H3/t14-,16-,20-,22-/m0/s1. The van der Waals surface area contributed by atoms with Crippen molar-refractivity contribution in [1.82, 2.24) is 5.32 Å². The Morgan fingerprint density at radius 1 is 1.13 bits per heavy atom. The van der Waals surface area contributed by atoms with Crippen LogP contribution in [0.25, 0.3) is 0 Å². The molecule has 1 fully saturated rings. The van der Waals surface area contributed by atoms with Crippen LogP contribution in [-0.2, 0) is 35.6 Å². The normalized spacial score (nSPS) is 29.4. The zero-order valence-corrected chi connectivity index (χ0v) is 17.6. The number of ether oxygens (including phenoxy) is 4. The topological polar surface area (TPSA) is 103 Å². The molecule has 1 aromatic carbocycles. The molecule has 2 bridgehead atoms. The number of esters is 2. The second-order valence-corrected chi connectivity index (χ2v) is 8.06. The van der Waals surface area contributed by atoms with Crippen molar-refractivity contribution in [3.8, 4) is 11.5 Å². The molecule has 1 aromatic rings. The van der Waals surface area contributed by atoms with Crippen LogP contribution in [0.4, 0.5) is 0 Å². The molecule has 0 aromatic heterocycles. The van der Waals surface area contributed by atoms with Gasteiger partial charge in [0.05, 0.1) is 14.2 Å². The molecule has 0 spiro atoms. The van der Waals surface area contributed by atoms with Crippen molar-refractivity contribution in [1.29, 1.82) is 0 Å². The van der Waals surface area contributed by atoms with Gasteiger partial charge in [-0.1, -0.05) is 6.07 Å². The summed E-state index contributed by atoms with van der Waals surface area (Å²) in [6.45, 7) is 3.38. The van der Waals surface area contributed by atoms with Crippen molar-refractivity contribution in [3.05, 3.63) is 34.6 Å². The molecular formula is C22H27NO7. The Morgan fingerprint density at radius 2 is 1.87 bits per heavy atom. The lowest BCUT2D eigenvalue weighted by atomic mass is 9.55. The van der Waals surface area contributed by atoms with Gasteiger partial charge in [-0.25, -0.2) is 0 Å². The maximum Gasteiger partial charge on any atom is 0.303 e. The highest BCUT2D eigenvalue weighted by atomic mass is 16.6. The van der Waals surface area contributed by atoms with Crippen LogP contribution in [0.2, 0.25) is 0 Å². The lowest BCUT2D eigenvalue weighted by Crippen LogP contribution is -2.60. The average molecular weight is 417 g/mol. The summed E-state index contributed by atoms with van der Waals surface area (Å²) in [7, 11) is 3.04. The fraction of sp³-hybridized carbons (Fsp3) is 0.545. The van der Waals surface area contributed by atoms with E-state index in [9.17, 15) is 14.7 Å². The molecule has 4 atom stereocenters. The number of phenolic OH excluding ortho intramolecular Hbond substituents is 1. The molecular weight excluding hydrogens is 390 g/mol. The zero-order chi connectivity index (χ0) is 21.6. The number of rotatable bonds is 4. The van der Waals surface area contributed by atoms with E-state index in [1.165, 1.54) is 28.1 Å². The number of piperidine rings is 1. The van der Waals surface area contributed by atoms with Crippen molar-refractivity contribution in [2.45, 2.75) is 56.8 Å². The number of methoxy groups -OCH3 is 2. The summed E-state index contributed by atoms with van der Waals surface area (Å²) in [6, 6.07) is 3.70. The molecule has 30 heavy (non-hydrogen) atoms. The van der Waals surface area contributed by atoms with Gasteiger partial charge in [0.2, 0.25) is 0 Å². The molecule has 0 unspecified atom stereocenters. The number of hydrogen-bond acceptors (Lipinski definition) is 8. The SMILES string of the molecule is COC1=C2[C@@H]3Cc4ccc(OC)c(O)c4[C@]2(CCN3)C[C@H](OC(C)=O)[C@@H]1OC(C)=O. The van der Waals surface area contributed by atoms with Crippen molar-refractivity contribution in [2.75, 3.05) is 20.8 Å². The van der Waals surface area contributed by atoms with Gasteiger partial charge in [-0.3, -0.25) is 9.59 Å². The third kappa shape index (κ3) is 3.01. The molecule has 0 radical (unpaired) electrons. The van der Waals surface area contributed by atoms with Gasteiger partial charge < -0.3 is 29.4 Å². The average Bonchev–Trinajstić information content (AvgIpc) is 2.67. The Kier molecular flexibility index (Phi) is 5.13. The highest BCUT2D eigenvalue weighted by molar-refractivity contribution is 5.69. The van der Waals surface area contributed by atoms with E-state index in [1.807, 2.05) is 6.07 Å². The Hall–Kier alpha value is -2.74. The zero-order valence-electron chi connectivity index (χ0n) is 17.6. The fourth-order valence-electron chi connectivity index (χ4n) is 5.51. The van der Waals surface area contributed by atoms with E-state index in [0.717, 1.165) is 23.2 Å². The van der Waals surface area contributed by atoms with E-state index < -0.39 is 29.6 Å². The number of hydrogen-bond donors (Lipinski definition) is 2. The summed E-state index contributed by atoms with van der Waals surface area (Å²) in [5.41, 5.74) is 2.12. The second kappa shape index (κ2) is 7.50. The molecule has 1 aliphatic heterocycles. The highest BCUT2D eigenvalue weighted by Gasteiger charge is 2.58. The quantitative estimate of drug-likeness (QED) is 0.714. The van der Waals surface area contributed by atoms with Crippen LogP contribution < -0.4 is 10.1 Å². The summed E-state index contributed by atoms with van der Waals surface area (Å²) >= 11 is 0. The first-order valence-electron chi connectivity index (χ1n) is 10.1. The third-order valence-electron chi connectivity index (χ3n) is 6.40. The molecule has 2 N–H and O–H groups in total. The first-order chi connectivity index (χ1) is 14.3. The van der Waals surface area contributed by atoms with Crippen LogP contribution in [0.5, 0.6) is 11.5 Å². The second-order valence-electron chi connectivity index (χ2n) is 8.06. The maximum absolute atomic E-state index is 11.9. The molecule has 8 nitrogen and oxygen atoms in total. The summed E-state index contributed by atoms with van der Waals surface area (Å²) in [5.74, 6) is 0.0130. The van der Waals surface area contributed by atoms with Crippen molar-refractivity contribution < 1.29 is 33.6 Å². The number of fused-ring (bicyclic) bond motifs is 1. The Morgan fingerprint density at radius 3 is 2.50 bits per heavy atom. The Balaban J connectivity index is 1.98. The van der Waals surface area contributed by atoms with Gasteiger partial charge in [0, 0.05) is 37.3 Å². The Labute approximate surface area is 175 Å². The summed E-state index contributed by atoms with van der Waals surface area (Å²) in [4.78, 5) is 23.7. The van der Waals surface area contributed by atoms with Gasteiger partial charge in [-0.2, -0.15) is 0 Å². The van der Waals surface area contributed by atoms with Crippen molar-refractivity contribution >= 4 is 11.9 Å². The molecule has 0 saturated carbocycles. The van der Waals surface area contributed by atoms with Gasteiger partial charge in [-0.15, -0.1) is 0 Å². The van der Waals surface area contributed by atoms with E-state index >= 15 is 0 Å². The van der Waals surface area contributed by atoms with E-state index in [1.54, 1.807) is 6.07 Å². The first kappa shape index (κ1) is 20.5. The summed E-state index contributed by atoms with van der Waals surface area (Å²) in [5, 5.41) is 14.6. The molecule has 1 heterocycles. The van der Waals surface area contributed by atoms with Crippen LogP contribution in [0.15, 0.2) is 23.5 Å². The molecule has 1 saturated heterocycles. The van der Waals surface area contributed by atoms with Crippen LogP contribution in [0.3, 0.4) is 0 Å². The van der Waals surface area contributed by atoms with Crippen LogP contribution in [0, 0.1) is 0 Å². The third-order valence-corrected chi connectivity index (χ3v) is 6.40. The molecule has 0 amide bonds. The van der Waals surface area contributed by atoms with E-state index in [-0.39, 0.29) is 11.8 Å². The maximum atomic E-state index is 11.9.